The number of aromatic nitrogens is 3. The average molecular weight is 413 g/mol. The van der Waals surface area contributed by atoms with Crippen LogP contribution in [0.5, 0.6) is 5.75 Å². The van der Waals surface area contributed by atoms with Crippen LogP contribution < -0.4 is 4.74 Å². The number of halogens is 2. The maximum absolute atomic E-state index is 14.0. The van der Waals surface area contributed by atoms with E-state index in [2.05, 4.69) is 10.2 Å². The van der Waals surface area contributed by atoms with Gasteiger partial charge in [-0.25, -0.2) is 8.78 Å². The Morgan fingerprint density at radius 1 is 1.03 bits per heavy atom. The van der Waals surface area contributed by atoms with Crippen LogP contribution in [0.1, 0.15) is 11.3 Å². The van der Waals surface area contributed by atoms with Gasteiger partial charge in [0.15, 0.2) is 22.6 Å². The van der Waals surface area contributed by atoms with Crippen molar-refractivity contribution in [1.82, 2.24) is 14.8 Å². The predicted octanol–water partition coefficient (Wildman–Crippen LogP) is 5.17. The van der Waals surface area contributed by atoms with E-state index in [1.165, 1.54) is 17.8 Å². The first-order valence-corrected chi connectivity index (χ1v) is 9.80. The van der Waals surface area contributed by atoms with Crippen LogP contribution >= 0.6 is 11.8 Å². The molecule has 2 heterocycles. The molecule has 0 unspecified atom stereocenters. The van der Waals surface area contributed by atoms with Crippen LogP contribution in [0.15, 0.2) is 70.4 Å². The summed E-state index contributed by atoms with van der Waals surface area (Å²) >= 11 is 1.28. The number of ether oxygens (including phenoxy) is 1. The van der Waals surface area contributed by atoms with Gasteiger partial charge in [0.1, 0.15) is 11.5 Å². The summed E-state index contributed by atoms with van der Waals surface area (Å²) in [6.07, 6.45) is 1.60. The Kier molecular flexibility index (Phi) is 5.62. The van der Waals surface area contributed by atoms with Crippen molar-refractivity contribution in [2.24, 2.45) is 0 Å². The van der Waals surface area contributed by atoms with Crippen LogP contribution in [0, 0.1) is 11.6 Å². The summed E-state index contributed by atoms with van der Waals surface area (Å²) in [5, 5.41) is 9.17. The van der Waals surface area contributed by atoms with Gasteiger partial charge in [0.05, 0.1) is 19.9 Å². The Balaban J connectivity index is 1.65. The first kappa shape index (κ1) is 19.2. The fraction of sp³-hybridized carbons (Fsp3) is 0.143. The van der Waals surface area contributed by atoms with Crippen molar-refractivity contribution in [3.8, 4) is 17.1 Å². The third-order valence-corrected chi connectivity index (χ3v) is 5.36. The third-order valence-electron chi connectivity index (χ3n) is 4.35. The molecule has 0 aliphatic carbocycles. The number of hydrogen-bond donors (Lipinski definition) is 0. The molecule has 8 heteroatoms. The molecule has 4 rings (SSSR count). The Bertz CT molecular complexity index is 1100. The van der Waals surface area contributed by atoms with Crippen LogP contribution in [0.25, 0.3) is 11.4 Å². The maximum Gasteiger partial charge on any atom is 0.192 e. The zero-order valence-electron chi connectivity index (χ0n) is 15.5. The van der Waals surface area contributed by atoms with Crippen LogP contribution in [0.3, 0.4) is 0 Å². The molecule has 2 aromatic heterocycles. The number of thioether (sulfide) groups is 1. The molecule has 29 heavy (non-hydrogen) atoms. The van der Waals surface area contributed by atoms with Crippen LogP contribution in [0.2, 0.25) is 0 Å². The van der Waals surface area contributed by atoms with Crippen molar-refractivity contribution in [3.63, 3.8) is 0 Å². The number of benzene rings is 2. The Morgan fingerprint density at radius 2 is 1.86 bits per heavy atom. The molecule has 148 valence electrons. The maximum atomic E-state index is 14.0. The molecule has 5 nitrogen and oxygen atoms in total. The summed E-state index contributed by atoms with van der Waals surface area (Å²) in [7, 11) is 1.61. The molecule has 0 saturated heterocycles. The summed E-state index contributed by atoms with van der Waals surface area (Å²) in [6, 6.07) is 15.3. The minimum atomic E-state index is -0.862. The number of rotatable bonds is 7. The average Bonchev–Trinajstić information content (AvgIpc) is 3.40. The fourth-order valence-corrected chi connectivity index (χ4v) is 3.77. The van der Waals surface area contributed by atoms with Gasteiger partial charge < -0.3 is 9.15 Å². The van der Waals surface area contributed by atoms with Crippen molar-refractivity contribution in [3.05, 3.63) is 83.8 Å². The lowest BCUT2D eigenvalue weighted by molar-refractivity contribution is 0.415. The van der Waals surface area contributed by atoms with E-state index in [1.54, 1.807) is 19.4 Å². The number of methoxy groups -OCH3 is 1. The SMILES string of the molecule is COc1ccc(-c2nnc(SCc3cccc(F)c3F)n2Cc2ccco2)cc1. The summed E-state index contributed by atoms with van der Waals surface area (Å²) in [5.41, 5.74) is 1.13. The van der Waals surface area contributed by atoms with Crippen LogP contribution in [-0.4, -0.2) is 21.9 Å². The Hall–Kier alpha value is -3.13. The standard InChI is InChI=1S/C21H17F2N3O2S/c1-27-16-9-7-14(8-10-16)20-24-25-21(26(20)12-17-5-3-11-28-17)29-13-15-4-2-6-18(22)19(15)23/h2-11H,12-13H2,1H3. The van der Waals surface area contributed by atoms with Crippen molar-refractivity contribution in [2.45, 2.75) is 17.5 Å². The molecular formula is C21H17F2N3O2S. The Labute approximate surface area is 170 Å². The van der Waals surface area contributed by atoms with Crippen LogP contribution in [-0.2, 0) is 12.3 Å². The zero-order valence-corrected chi connectivity index (χ0v) is 16.3. The molecule has 4 aromatic rings. The summed E-state index contributed by atoms with van der Waals surface area (Å²) in [6.45, 7) is 0.412. The highest BCUT2D eigenvalue weighted by molar-refractivity contribution is 7.98. The molecule has 0 radical (unpaired) electrons. The fourth-order valence-electron chi connectivity index (χ4n) is 2.85. The van der Waals surface area contributed by atoms with Crippen molar-refractivity contribution in [1.29, 1.82) is 0 Å². The highest BCUT2D eigenvalue weighted by Crippen LogP contribution is 2.29. The van der Waals surface area contributed by atoms with E-state index in [0.29, 0.717) is 17.5 Å². The molecule has 0 spiro atoms. The zero-order chi connectivity index (χ0) is 20.2. The first-order valence-electron chi connectivity index (χ1n) is 8.81. The van der Waals surface area contributed by atoms with Gasteiger partial charge in [-0.1, -0.05) is 23.9 Å². The minimum absolute atomic E-state index is 0.225. The monoisotopic (exact) mass is 413 g/mol. The molecular weight excluding hydrogens is 396 g/mol. The summed E-state index contributed by atoms with van der Waals surface area (Å²) in [5.74, 6) is 0.640. The van der Waals surface area contributed by atoms with E-state index in [0.717, 1.165) is 23.1 Å². The summed E-state index contributed by atoms with van der Waals surface area (Å²) < 4.78 is 40.0. The molecule has 0 aliphatic heterocycles. The van der Waals surface area contributed by atoms with Crippen LogP contribution in [0.4, 0.5) is 8.78 Å². The third kappa shape index (κ3) is 4.17. The van der Waals surface area contributed by atoms with E-state index >= 15 is 0 Å². The lowest BCUT2D eigenvalue weighted by Crippen LogP contribution is -2.04. The van der Waals surface area contributed by atoms with Crippen molar-refractivity contribution < 1.29 is 17.9 Å². The lowest BCUT2D eigenvalue weighted by Gasteiger charge is -2.10. The van der Waals surface area contributed by atoms with Crippen molar-refractivity contribution in [2.75, 3.05) is 7.11 Å². The largest absolute Gasteiger partial charge is 0.497 e. The number of hydrogen-bond acceptors (Lipinski definition) is 5. The quantitative estimate of drug-likeness (QED) is 0.392. The molecule has 0 atom stereocenters. The molecule has 0 fully saturated rings. The second-order valence-electron chi connectivity index (χ2n) is 6.20. The van der Waals surface area contributed by atoms with Gasteiger partial charge in [0.2, 0.25) is 0 Å². The van der Waals surface area contributed by atoms with Gasteiger partial charge in [0, 0.05) is 16.9 Å². The van der Waals surface area contributed by atoms with Gasteiger partial charge in [0.25, 0.3) is 0 Å². The lowest BCUT2D eigenvalue weighted by atomic mass is 10.2. The van der Waals surface area contributed by atoms with E-state index in [1.807, 2.05) is 41.0 Å². The highest BCUT2D eigenvalue weighted by atomic mass is 32.2. The second kappa shape index (κ2) is 8.48. The topological polar surface area (TPSA) is 53.1 Å². The molecule has 0 bridgehead atoms. The molecule has 0 amide bonds. The Morgan fingerprint density at radius 3 is 2.59 bits per heavy atom. The van der Waals surface area contributed by atoms with E-state index < -0.39 is 11.6 Å². The van der Waals surface area contributed by atoms with Gasteiger partial charge in [-0.05, 0) is 42.5 Å². The molecule has 2 aromatic carbocycles. The van der Waals surface area contributed by atoms with E-state index in [-0.39, 0.29) is 11.3 Å². The highest BCUT2D eigenvalue weighted by Gasteiger charge is 2.17. The molecule has 0 saturated carbocycles. The molecule has 0 N–H and O–H groups in total. The number of furan rings is 1. The normalized spacial score (nSPS) is 11.0. The van der Waals surface area contributed by atoms with Gasteiger partial charge >= 0.3 is 0 Å². The predicted molar refractivity (Wildman–Crippen MR) is 106 cm³/mol. The van der Waals surface area contributed by atoms with Crippen molar-refractivity contribution >= 4 is 11.8 Å². The first-order chi connectivity index (χ1) is 14.2. The van der Waals surface area contributed by atoms with Gasteiger partial charge in [-0.15, -0.1) is 10.2 Å². The summed E-state index contributed by atoms with van der Waals surface area (Å²) in [4.78, 5) is 0. The minimum Gasteiger partial charge on any atom is -0.497 e. The van der Waals surface area contributed by atoms with Gasteiger partial charge in [-0.2, -0.15) is 0 Å². The van der Waals surface area contributed by atoms with Gasteiger partial charge in [-0.3, -0.25) is 4.57 Å². The van der Waals surface area contributed by atoms with E-state index in [9.17, 15) is 8.78 Å². The molecule has 0 aliphatic rings. The second-order valence-corrected chi connectivity index (χ2v) is 7.14. The number of nitrogens with zero attached hydrogens (tertiary/aromatic N) is 3. The van der Waals surface area contributed by atoms with E-state index in [4.69, 9.17) is 9.15 Å². The smallest absolute Gasteiger partial charge is 0.192 e.